The van der Waals surface area contributed by atoms with Crippen molar-refractivity contribution in [1.82, 2.24) is 0 Å². The summed E-state index contributed by atoms with van der Waals surface area (Å²) in [6.07, 6.45) is 17.5. The van der Waals surface area contributed by atoms with Gasteiger partial charge < -0.3 is 17.7 Å². The molecule has 0 saturated heterocycles. The number of hydrogen-bond acceptors (Lipinski definition) is 4. The highest BCUT2D eigenvalue weighted by Gasteiger charge is 2.57. The molecule has 0 fully saturated rings. The van der Waals surface area contributed by atoms with Gasteiger partial charge in [0.25, 0.3) is 0 Å². The predicted molar refractivity (Wildman–Crippen MR) is 144 cm³/mol. The number of rotatable bonds is 22. The summed E-state index contributed by atoms with van der Waals surface area (Å²) in [5, 5.41) is 0.171. The number of allylic oxidation sites excluding steroid dienone is 4. The largest absolute Gasteiger partial charge is 0.394 e. The molecule has 0 radical (unpaired) electrons. The zero-order chi connectivity index (χ0) is 24.1. The van der Waals surface area contributed by atoms with Crippen LogP contribution in [0.4, 0.5) is 0 Å². The Morgan fingerprint density at radius 2 is 0.844 bits per heavy atom. The van der Waals surface area contributed by atoms with Gasteiger partial charge in [-0.3, -0.25) is 0 Å². The minimum absolute atomic E-state index is 0.171. The molecule has 0 unspecified atom stereocenters. The fourth-order valence-corrected chi connectivity index (χ4v) is 13.4. The van der Waals surface area contributed by atoms with E-state index in [0.717, 1.165) is 89.9 Å². The summed E-state index contributed by atoms with van der Waals surface area (Å²) >= 11 is 0. The topological polar surface area (TPSA) is 36.9 Å². The first-order chi connectivity index (χ1) is 15.5. The van der Waals surface area contributed by atoms with E-state index in [1.54, 1.807) is 0 Å². The third-order valence-corrected chi connectivity index (χ3v) is 15.6. The molecule has 4 nitrogen and oxygen atoms in total. The third-order valence-electron chi connectivity index (χ3n) is 5.97. The van der Waals surface area contributed by atoms with Gasteiger partial charge in [0, 0.05) is 43.7 Å². The van der Waals surface area contributed by atoms with Gasteiger partial charge in [-0.05, 0) is 39.5 Å². The summed E-state index contributed by atoms with van der Waals surface area (Å²) in [6, 6.07) is 1.72. The molecule has 32 heavy (non-hydrogen) atoms. The van der Waals surface area contributed by atoms with Crippen LogP contribution in [-0.4, -0.2) is 43.5 Å². The van der Waals surface area contributed by atoms with E-state index in [2.05, 4.69) is 72.8 Å². The van der Waals surface area contributed by atoms with Crippen molar-refractivity contribution >= 4 is 17.1 Å². The molecule has 0 aliphatic carbocycles. The highest BCUT2D eigenvalue weighted by molar-refractivity contribution is 6.88. The van der Waals surface area contributed by atoms with E-state index in [4.69, 9.17) is 17.7 Å². The predicted octanol–water partition coefficient (Wildman–Crippen LogP) is 8.22. The highest BCUT2D eigenvalue weighted by Crippen LogP contribution is 2.41. The van der Waals surface area contributed by atoms with Gasteiger partial charge >= 0.3 is 17.1 Å². The Balaban J connectivity index is 6.23. The van der Waals surface area contributed by atoms with Crippen molar-refractivity contribution in [2.45, 2.75) is 117 Å². The summed E-state index contributed by atoms with van der Waals surface area (Å²) < 4.78 is 27.2. The Bertz CT molecular complexity index is 420. The van der Waals surface area contributed by atoms with Crippen molar-refractivity contribution in [1.29, 1.82) is 0 Å². The lowest BCUT2D eigenvalue weighted by Crippen LogP contribution is -2.60. The van der Waals surface area contributed by atoms with E-state index in [1.165, 1.54) is 0 Å². The minimum atomic E-state index is -2.61. The lowest BCUT2D eigenvalue weighted by molar-refractivity contribution is 0.135. The summed E-state index contributed by atoms with van der Waals surface area (Å²) in [6.45, 7) is 18.4. The molecule has 0 amide bonds. The zero-order valence-corrected chi connectivity index (χ0v) is 24.4. The molecule has 6 heteroatoms. The zero-order valence-electron chi connectivity index (χ0n) is 22.4. The molecule has 0 heterocycles. The molecule has 0 atom stereocenters. The van der Waals surface area contributed by atoms with Crippen LogP contribution in [0.2, 0.25) is 17.3 Å². The SMILES string of the molecule is CC=CC[Si](OCCCC)(OCCCC)C(C)[Si](CC=CC)(OCCCC)OCCCC. The average Bonchev–Trinajstić information content (AvgIpc) is 2.80. The van der Waals surface area contributed by atoms with Crippen molar-refractivity contribution in [3.05, 3.63) is 24.3 Å². The van der Waals surface area contributed by atoms with Crippen LogP contribution in [0.1, 0.15) is 99.8 Å². The second-order valence-corrected chi connectivity index (χ2v) is 16.2. The summed E-state index contributed by atoms with van der Waals surface area (Å²) in [4.78, 5) is 0. The molecule has 0 aliphatic rings. The standard InChI is InChI=1S/C26H54O4Si2/c1-8-14-20-27-31(24-18-12-5,28-21-15-9-2)26(7)32(25-19-13-6,29-22-16-10-3)30-23-17-11-4/h12-13,18-19,26H,8-11,14-17,20-25H2,1-7H3. The Labute approximate surface area is 202 Å². The molecule has 0 aromatic carbocycles. The lowest BCUT2D eigenvalue weighted by atomic mass is 10.4. The first-order valence-electron chi connectivity index (χ1n) is 13.3. The minimum Gasteiger partial charge on any atom is -0.394 e. The molecule has 0 N–H and O–H groups in total. The van der Waals surface area contributed by atoms with Gasteiger partial charge in [0.1, 0.15) is 0 Å². The molecular formula is C26H54O4Si2. The van der Waals surface area contributed by atoms with E-state index in [0.29, 0.717) is 0 Å². The van der Waals surface area contributed by atoms with Gasteiger partial charge in [-0.25, -0.2) is 0 Å². The molecule has 0 aromatic heterocycles. The first-order valence-corrected chi connectivity index (χ1v) is 17.5. The molecule has 0 rings (SSSR count). The lowest BCUT2D eigenvalue weighted by Gasteiger charge is -2.44. The van der Waals surface area contributed by atoms with E-state index in [-0.39, 0.29) is 5.16 Å². The number of unbranched alkanes of at least 4 members (excludes halogenated alkanes) is 4. The summed E-state index contributed by atoms with van der Waals surface area (Å²) in [5.41, 5.74) is 0. The molecule has 0 aromatic rings. The molecular weight excluding hydrogens is 432 g/mol. The fraction of sp³-hybridized carbons (Fsp3) is 0.846. The maximum Gasteiger partial charge on any atom is 0.346 e. The molecule has 0 saturated carbocycles. The van der Waals surface area contributed by atoms with Gasteiger partial charge in [0.2, 0.25) is 0 Å². The van der Waals surface area contributed by atoms with E-state index in [1.807, 2.05) is 0 Å². The van der Waals surface area contributed by atoms with Crippen molar-refractivity contribution in [2.75, 3.05) is 26.4 Å². The summed E-state index contributed by atoms with van der Waals surface area (Å²) in [7, 11) is -5.22. The molecule has 190 valence electrons. The Hall–Kier alpha value is -0.246. The first kappa shape index (κ1) is 31.8. The van der Waals surface area contributed by atoms with Crippen LogP contribution in [-0.2, 0) is 17.7 Å². The average molecular weight is 487 g/mol. The second kappa shape index (κ2) is 20.2. The van der Waals surface area contributed by atoms with Crippen molar-refractivity contribution < 1.29 is 17.7 Å². The van der Waals surface area contributed by atoms with Crippen molar-refractivity contribution in [3.8, 4) is 0 Å². The number of hydrogen-bond donors (Lipinski definition) is 0. The Morgan fingerprint density at radius 3 is 1.06 bits per heavy atom. The van der Waals surface area contributed by atoms with Gasteiger partial charge in [0.05, 0.1) is 0 Å². The van der Waals surface area contributed by atoms with Crippen molar-refractivity contribution in [3.63, 3.8) is 0 Å². The van der Waals surface area contributed by atoms with Crippen LogP contribution in [0.25, 0.3) is 0 Å². The monoisotopic (exact) mass is 486 g/mol. The molecule has 0 aliphatic heterocycles. The van der Waals surface area contributed by atoms with Gasteiger partial charge in [-0.2, -0.15) is 0 Å². The van der Waals surface area contributed by atoms with Gasteiger partial charge in [0.15, 0.2) is 0 Å². The molecule has 0 spiro atoms. The quantitative estimate of drug-likeness (QED) is 0.0877. The van der Waals surface area contributed by atoms with Crippen LogP contribution in [0, 0.1) is 0 Å². The molecule has 0 bridgehead atoms. The fourth-order valence-electron chi connectivity index (χ4n) is 3.63. The van der Waals surface area contributed by atoms with Gasteiger partial charge in [-0.1, -0.05) is 84.6 Å². The normalized spacial score (nSPS) is 14.1. The van der Waals surface area contributed by atoms with Crippen LogP contribution in [0.5, 0.6) is 0 Å². The highest BCUT2D eigenvalue weighted by atomic mass is 28.4. The van der Waals surface area contributed by atoms with E-state index >= 15 is 0 Å². The Morgan fingerprint density at radius 1 is 0.562 bits per heavy atom. The maximum absolute atomic E-state index is 6.80. The van der Waals surface area contributed by atoms with E-state index < -0.39 is 17.1 Å². The van der Waals surface area contributed by atoms with Gasteiger partial charge in [-0.15, -0.1) is 0 Å². The smallest absolute Gasteiger partial charge is 0.346 e. The van der Waals surface area contributed by atoms with Crippen LogP contribution in [0.3, 0.4) is 0 Å². The van der Waals surface area contributed by atoms with Crippen LogP contribution >= 0.6 is 0 Å². The van der Waals surface area contributed by atoms with Crippen molar-refractivity contribution in [2.24, 2.45) is 0 Å². The third kappa shape index (κ3) is 11.8. The second-order valence-electron chi connectivity index (χ2n) is 8.70. The van der Waals surface area contributed by atoms with Crippen LogP contribution < -0.4 is 0 Å². The maximum atomic E-state index is 6.80. The summed E-state index contributed by atoms with van der Waals surface area (Å²) in [5.74, 6) is 0. The van der Waals surface area contributed by atoms with Crippen LogP contribution in [0.15, 0.2) is 24.3 Å². The van der Waals surface area contributed by atoms with E-state index in [9.17, 15) is 0 Å². The Kier molecular flexibility index (Phi) is 20.0.